The molecular weight excluding hydrogens is 348 g/mol. The van der Waals surface area contributed by atoms with E-state index in [4.69, 9.17) is 0 Å². The van der Waals surface area contributed by atoms with Gasteiger partial charge in [-0.25, -0.2) is 0 Å². The van der Waals surface area contributed by atoms with Crippen molar-refractivity contribution in [2.45, 2.75) is 53.0 Å². The zero-order valence-corrected chi connectivity index (χ0v) is 16.6. The van der Waals surface area contributed by atoms with Crippen molar-refractivity contribution >= 4 is 23.6 Å². The first-order valence-electron chi connectivity index (χ1n) is 8.99. The average Bonchev–Trinajstić information content (AvgIpc) is 2.56. The van der Waals surface area contributed by atoms with Gasteiger partial charge in [0.1, 0.15) is 5.92 Å². The fourth-order valence-electron chi connectivity index (χ4n) is 3.71. The van der Waals surface area contributed by atoms with Gasteiger partial charge in [0.15, 0.2) is 0 Å². The van der Waals surface area contributed by atoms with Crippen molar-refractivity contribution in [1.82, 2.24) is 10.6 Å². The Kier molecular flexibility index (Phi) is 6.36. The summed E-state index contributed by atoms with van der Waals surface area (Å²) in [4.78, 5) is 24.5. The molecule has 1 aliphatic heterocycles. The van der Waals surface area contributed by atoms with Crippen molar-refractivity contribution in [2.24, 2.45) is 23.2 Å². The quantitative estimate of drug-likeness (QED) is 0.787. The van der Waals surface area contributed by atoms with Crippen LogP contribution in [-0.4, -0.2) is 23.6 Å². The van der Waals surface area contributed by atoms with Gasteiger partial charge in [0.05, 0.1) is 28.5 Å². The molecule has 4 atom stereocenters. The third-order valence-corrected chi connectivity index (χ3v) is 6.74. The summed E-state index contributed by atoms with van der Waals surface area (Å²) < 4.78 is 0. The highest BCUT2D eigenvalue weighted by molar-refractivity contribution is 8.03. The molecule has 0 saturated heterocycles. The minimum atomic E-state index is -0.917. The van der Waals surface area contributed by atoms with E-state index < -0.39 is 17.2 Å². The Hall–Kier alpha value is -1.99. The molecule has 2 amide bonds. The highest BCUT2D eigenvalue weighted by Gasteiger charge is 2.44. The zero-order chi connectivity index (χ0) is 19.5. The fourth-order valence-corrected chi connectivity index (χ4v) is 4.69. The van der Waals surface area contributed by atoms with Crippen LogP contribution in [0.3, 0.4) is 0 Å². The molecule has 140 valence electrons. The van der Waals surface area contributed by atoms with Gasteiger partial charge in [-0.05, 0) is 18.3 Å². The second kappa shape index (κ2) is 8.14. The van der Waals surface area contributed by atoms with Gasteiger partial charge < -0.3 is 10.6 Å². The molecule has 2 N–H and O–H groups in total. The number of rotatable bonds is 4. The van der Waals surface area contributed by atoms with E-state index in [0.29, 0.717) is 22.4 Å². The number of hydrogen-bond acceptors (Lipinski definition) is 5. The first kappa shape index (κ1) is 20.3. The third-order valence-electron chi connectivity index (χ3n) is 5.73. The van der Waals surface area contributed by atoms with E-state index in [2.05, 4.69) is 30.6 Å². The summed E-state index contributed by atoms with van der Waals surface area (Å²) >= 11 is 1.15. The Labute approximate surface area is 159 Å². The smallest absolute Gasteiger partial charge is 0.243 e. The maximum atomic E-state index is 12.4. The zero-order valence-electron chi connectivity index (χ0n) is 15.8. The SMILES string of the molecule is C[C@H]1[C@@H](NC(=O)CSC2=C(C#N)C(C)(C)[C@H](C#N)C(=O)N2)CCC[C@@H]1C. The summed E-state index contributed by atoms with van der Waals surface area (Å²) in [6.45, 7) is 7.81. The van der Waals surface area contributed by atoms with Crippen LogP contribution < -0.4 is 10.6 Å². The molecule has 7 heteroatoms. The number of allylic oxidation sites excluding steroid dienone is 1. The lowest BCUT2D eigenvalue weighted by molar-refractivity contribution is -0.125. The van der Waals surface area contributed by atoms with Crippen molar-refractivity contribution in [3.8, 4) is 12.1 Å². The monoisotopic (exact) mass is 374 g/mol. The van der Waals surface area contributed by atoms with E-state index in [1.807, 2.05) is 6.07 Å². The Balaban J connectivity index is 2.04. The van der Waals surface area contributed by atoms with Gasteiger partial charge in [-0.2, -0.15) is 10.5 Å². The second-order valence-corrected chi connectivity index (χ2v) is 8.80. The number of hydrogen-bond donors (Lipinski definition) is 2. The van der Waals surface area contributed by atoms with E-state index >= 15 is 0 Å². The summed E-state index contributed by atoms with van der Waals surface area (Å²) in [6, 6.07) is 4.26. The normalized spacial score (nSPS) is 30.8. The Bertz CT molecular complexity index is 701. The predicted molar refractivity (Wildman–Crippen MR) is 100 cm³/mol. The third kappa shape index (κ3) is 4.04. The van der Waals surface area contributed by atoms with Crippen LogP contribution in [0.15, 0.2) is 10.6 Å². The lowest BCUT2D eigenvalue weighted by atomic mass is 9.72. The second-order valence-electron chi connectivity index (χ2n) is 7.82. The van der Waals surface area contributed by atoms with E-state index in [9.17, 15) is 20.1 Å². The predicted octanol–water partition coefficient (Wildman–Crippen LogP) is 2.69. The average molecular weight is 375 g/mol. The Morgan fingerprint density at radius 1 is 1.35 bits per heavy atom. The Morgan fingerprint density at radius 2 is 2.04 bits per heavy atom. The molecule has 0 unspecified atom stereocenters. The molecule has 6 nitrogen and oxygen atoms in total. The number of amides is 2. The van der Waals surface area contributed by atoms with Crippen molar-refractivity contribution < 1.29 is 9.59 Å². The first-order chi connectivity index (χ1) is 12.2. The molecule has 1 heterocycles. The molecule has 0 aromatic rings. The van der Waals surface area contributed by atoms with Gasteiger partial charge in [-0.3, -0.25) is 9.59 Å². The molecule has 0 bridgehead atoms. The van der Waals surface area contributed by atoms with Crippen LogP contribution in [0.2, 0.25) is 0 Å². The van der Waals surface area contributed by atoms with Crippen LogP contribution in [0.5, 0.6) is 0 Å². The van der Waals surface area contributed by atoms with Crippen LogP contribution >= 0.6 is 11.8 Å². The molecule has 1 fully saturated rings. The summed E-state index contributed by atoms with van der Waals surface area (Å²) in [7, 11) is 0. The highest BCUT2D eigenvalue weighted by atomic mass is 32.2. The number of carbonyl (C=O) groups is 2. The highest BCUT2D eigenvalue weighted by Crippen LogP contribution is 2.41. The lowest BCUT2D eigenvalue weighted by Gasteiger charge is -2.35. The van der Waals surface area contributed by atoms with Crippen LogP contribution in [0.1, 0.15) is 47.0 Å². The number of nitriles is 2. The number of thioether (sulfide) groups is 1. The number of nitrogens with zero attached hydrogens (tertiary/aromatic N) is 2. The van der Waals surface area contributed by atoms with E-state index in [-0.39, 0.29) is 17.7 Å². The summed E-state index contributed by atoms with van der Waals surface area (Å²) in [5, 5.41) is 24.8. The topological polar surface area (TPSA) is 106 Å². The van der Waals surface area contributed by atoms with Crippen molar-refractivity contribution in [3.05, 3.63) is 10.6 Å². The van der Waals surface area contributed by atoms with Gasteiger partial charge in [0.25, 0.3) is 0 Å². The molecule has 0 aromatic carbocycles. The molecule has 2 rings (SSSR count). The number of carbonyl (C=O) groups excluding carboxylic acids is 2. The molecule has 0 spiro atoms. The minimum absolute atomic E-state index is 0.0970. The van der Waals surface area contributed by atoms with Crippen LogP contribution in [0, 0.1) is 45.8 Å². The molecule has 1 saturated carbocycles. The number of nitrogens with one attached hydrogen (secondary N) is 2. The fraction of sp³-hybridized carbons (Fsp3) is 0.684. The maximum absolute atomic E-state index is 12.4. The molecule has 1 aliphatic carbocycles. The molecular formula is C19H26N4O2S. The van der Waals surface area contributed by atoms with Crippen LogP contribution in [0.25, 0.3) is 0 Å². The van der Waals surface area contributed by atoms with Crippen LogP contribution in [0.4, 0.5) is 0 Å². The first-order valence-corrected chi connectivity index (χ1v) is 9.98. The van der Waals surface area contributed by atoms with Gasteiger partial charge in [0, 0.05) is 11.5 Å². The lowest BCUT2D eigenvalue weighted by Crippen LogP contribution is -2.46. The maximum Gasteiger partial charge on any atom is 0.243 e. The summed E-state index contributed by atoms with van der Waals surface area (Å²) in [6.07, 6.45) is 3.30. The van der Waals surface area contributed by atoms with E-state index in [1.165, 1.54) is 6.42 Å². The summed E-state index contributed by atoms with van der Waals surface area (Å²) in [5.41, 5.74) is -0.529. The van der Waals surface area contributed by atoms with Crippen molar-refractivity contribution in [2.75, 3.05) is 5.75 Å². The standard InChI is InChI=1S/C19H26N4O2S/c1-11-6-5-7-15(12(11)2)22-16(24)10-26-18-14(9-21)19(3,4)13(8-20)17(25)23-18/h11-13,15H,5-7,10H2,1-4H3,(H,22,24)(H,23,25)/t11-,12+,13+,15-/m0/s1. The minimum Gasteiger partial charge on any atom is -0.352 e. The van der Waals surface area contributed by atoms with Crippen molar-refractivity contribution in [1.29, 1.82) is 10.5 Å². The molecule has 26 heavy (non-hydrogen) atoms. The van der Waals surface area contributed by atoms with E-state index in [0.717, 1.165) is 24.6 Å². The van der Waals surface area contributed by atoms with Gasteiger partial charge in [-0.15, -0.1) is 0 Å². The van der Waals surface area contributed by atoms with E-state index in [1.54, 1.807) is 13.8 Å². The Morgan fingerprint density at radius 3 is 2.65 bits per heavy atom. The van der Waals surface area contributed by atoms with Crippen molar-refractivity contribution in [3.63, 3.8) is 0 Å². The molecule has 0 radical (unpaired) electrons. The summed E-state index contributed by atoms with van der Waals surface area (Å²) in [5.74, 6) is -0.271. The van der Waals surface area contributed by atoms with Gasteiger partial charge in [0.2, 0.25) is 11.8 Å². The van der Waals surface area contributed by atoms with Gasteiger partial charge in [-0.1, -0.05) is 52.3 Å². The molecule has 0 aromatic heterocycles. The van der Waals surface area contributed by atoms with Crippen LogP contribution in [-0.2, 0) is 9.59 Å². The largest absolute Gasteiger partial charge is 0.352 e. The molecule has 2 aliphatic rings. The van der Waals surface area contributed by atoms with Gasteiger partial charge >= 0.3 is 0 Å².